The van der Waals surface area contributed by atoms with E-state index in [1.807, 2.05) is 6.20 Å². The number of rotatable bonds is 5. The molecule has 2 N–H and O–H groups in total. The lowest BCUT2D eigenvalue weighted by molar-refractivity contribution is 0.123. The maximum absolute atomic E-state index is 9.33. The number of hydrogen-bond donors (Lipinski definition) is 2. The molecular formula is C19H27N3O. The lowest BCUT2D eigenvalue weighted by Crippen LogP contribution is -2.39. The van der Waals surface area contributed by atoms with Gasteiger partial charge < -0.3 is 15.3 Å². The van der Waals surface area contributed by atoms with E-state index in [9.17, 15) is 5.11 Å². The molecule has 0 bridgehead atoms. The largest absolute Gasteiger partial charge is 0.396 e. The van der Waals surface area contributed by atoms with Gasteiger partial charge in [0.25, 0.3) is 0 Å². The number of anilines is 1. The number of likely N-dealkylation sites (tertiary alicyclic amines) is 1. The third kappa shape index (κ3) is 3.65. The quantitative estimate of drug-likeness (QED) is 0.891. The molecule has 2 heterocycles. The van der Waals surface area contributed by atoms with Gasteiger partial charge >= 0.3 is 0 Å². The van der Waals surface area contributed by atoms with Crippen LogP contribution in [0.3, 0.4) is 0 Å². The topological polar surface area (TPSA) is 48.4 Å². The summed E-state index contributed by atoms with van der Waals surface area (Å²) in [5.74, 6) is 0.455. The number of pyridine rings is 1. The van der Waals surface area contributed by atoms with Crippen molar-refractivity contribution >= 4 is 16.6 Å². The number of nitrogens with one attached hydrogen (secondary N) is 1. The van der Waals surface area contributed by atoms with Crippen LogP contribution in [0.1, 0.15) is 24.0 Å². The number of piperidine rings is 1. The van der Waals surface area contributed by atoms with E-state index >= 15 is 0 Å². The van der Waals surface area contributed by atoms with Crippen LogP contribution in [0, 0.1) is 19.8 Å². The fraction of sp³-hybridized carbons (Fsp3) is 0.526. The van der Waals surface area contributed by atoms with Crippen molar-refractivity contribution in [3.05, 3.63) is 35.5 Å². The number of aromatic nitrogens is 1. The summed E-state index contributed by atoms with van der Waals surface area (Å²) < 4.78 is 0. The van der Waals surface area contributed by atoms with Crippen molar-refractivity contribution in [2.24, 2.45) is 5.92 Å². The molecule has 1 aromatic heterocycles. The predicted molar refractivity (Wildman–Crippen MR) is 96.0 cm³/mol. The van der Waals surface area contributed by atoms with Crippen molar-refractivity contribution in [1.82, 2.24) is 9.88 Å². The number of nitrogens with zero attached hydrogens (tertiary/aromatic N) is 2. The van der Waals surface area contributed by atoms with Crippen LogP contribution < -0.4 is 5.32 Å². The van der Waals surface area contributed by atoms with Crippen molar-refractivity contribution in [3.8, 4) is 0 Å². The highest BCUT2D eigenvalue weighted by molar-refractivity contribution is 5.93. The van der Waals surface area contributed by atoms with Crippen LogP contribution in [0.25, 0.3) is 10.9 Å². The van der Waals surface area contributed by atoms with Crippen molar-refractivity contribution < 1.29 is 5.11 Å². The van der Waals surface area contributed by atoms with Crippen molar-refractivity contribution in [2.45, 2.75) is 26.7 Å². The monoisotopic (exact) mass is 313 g/mol. The van der Waals surface area contributed by atoms with Gasteiger partial charge in [0.15, 0.2) is 0 Å². The molecule has 1 fully saturated rings. The molecule has 2 aromatic rings. The summed E-state index contributed by atoms with van der Waals surface area (Å²) >= 11 is 0. The summed E-state index contributed by atoms with van der Waals surface area (Å²) in [6.45, 7) is 8.69. The second-order valence-corrected chi connectivity index (χ2v) is 6.68. The summed E-state index contributed by atoms with van der Waals surface area (Å²) in [4.78, 5) is 7.00. The summed E-state index contributed by atoms with van der Waals surface area (Å²) in [5.41, 5.74) is 4.79. The van der Waals surface area contributed by atoms with E-state index in [0.29, 0.717) is 12.5 Å². The summed E-state index contributed by atoms with van der Waals surface area (Å²) in [5, 5.41) is 14.1. The Morgan fingerprint density at radius 2 is 2.17 bits per heavy atom. The first-order valence-electron chi connectivity index (χ1n) is 8.61. The second kappa shape index (κ2) is 7.28. The number of fused-ring (bicyclic) bond motifs is 1. The number of benzene rings is 1. The molecule has 0 radical (unpaired) electrons. The number of aliphatic hydroxyl groups is 1. The second-order valence-electron chi connectivity index (χ2n) is 6.68. The molecule has 0 amide bonds. The number of hydrogen-bond acceptors (Lipinski definition) is 4. The zero-order chi connectivity index (χ0) is 16.2. The first-order chi connectivity index (χ1) is 11.2. The summed E-state index contributed by atoms with van der Waals surface area (Å²) in [6, 6.07) is 6.39. The molecule has 1 unspecified atom stereocenters. The normalized spacial score (nSPS) is 19.2. The molecule has 4 nitrogen and oxygen atoms in total. The van der Waals surface area contributed by atoms with Crippen LogP contribution in [0.4, 0.5) is 5.69 Å². The standard InChI is InChI=1S/C19H27N3O/c1-14-5-6-17-18(7-8-21-19(17)15(14)2)20-9-11-22-10-3-4-16(12-22)13-23/h5-8,16,23H,3-4,9-13H2,1-2H3,(H,20,21). The number of aliphatic hydroxyl groups excluding tert-OH is 1. The molecule has 23 heavy (non-hydrogen) atoms. The minimum absolute atomic E-state index is 0.317. The van der Waals surface area contributed by atoms with Crippen LogP contribution in [-0.4, -0.2) is 47.8 Å². The molecule has 0 aliphatic carbocycles. The Labute approximate surface area is 138 Å². The van der Waals surface area contributed by atoms with Gasteiger partial charge in [-0.25, -0.2) is 0 Å². The minimum Gasteiger partial charge on any atom is -0.396 e. The Morgan fingerprint density at radius 3 is 3.00 bits per heavy atom. The van der Waals surface area contributed by atoms with Gasteiger partial charge in [-0.05, 0) is 56.3 Å². The Morgan fingerprint density at radius 1 is 1.30 bits per heavy atom. The fourth-order valence-electron chi connectivity index (χ4n) is 3.47. The van der Waals surface area contributed by atoms with Crippen LogP contribution in [0.5, 0.6) is 0 Å². The molecule has 0 spiro atoms. The van der Waals surface area contributed by atoms with Crippen molar-refractivity contribution in [3.63, 3.8) is 0 Å². The van der Waals surface area contributed by atoms with Gasteiger partial charge in [-0.3, -0.25) is 4.98 Å². The van der Waals surface area contributed by atoms with Crippen LogP contribution in [0.2, 0.25) is 0 Å². The molecule has 0 saturated carbocycles. The third-order valence-electron chi connectivity index (χ3n) is 5.04. The maximum Gasteiger partial charge on any atom is 0.0754 e. The van der Waals surface area contributed by atoms with E-state index in [2.05, 4.69) is 47.2 Å². The van der Waals surface area contributed by atoms with Crippen molar-refractivity contribution in [2.75, 3.05) is 38.1 Å². The first kappa shape index (κ1) is 16.2. The van der Waals surface area contributed by atoms with Gasteiger partial charge in [0.05, 0.1) is 5.52 Å². The summed E-state index contributed by atoms with van der Waals surface area (Å²) in [7, 11) is 0. The van der Waals surface area contributed by atoms with Gasteiger partial charge in [0.1, 0.15) is 0 Å². The molecule has 4 heteroatoms. The number of aryl methyl sites for hydroxylation is 2. The van der Waals surface area contributed by atoms with Crippen molar-refractivity contribution in [1.29, 1.82) is 0 Å². The fourth-order valence-corrected chi connectivity index (χ4v) is 3.47. The van der Waals surface area contributed by atoms with E-state index in [-0.39, 0.29) is 0 Å². The molecule has 1 aromatic carbocycles. The Kier molecular flexibility index (Phi) is 5.13. The molecule has 124 valence electrons. The van der Waals surface area contributed by atoms with Gasteiger partial charge in [0.2, 0.25) is 0 Å². The lowest BCUT2D eigenvalue weighted by Gasteiger charge is -2.31. The Bertz CT molecular complexity index is 671. The molecule has 3 rings (SSSR count). The van der Waals surface area contributed by atoms with E-state index in [1.165, 1.54) is 22.9 Å². The van der Waals surface area contributed by atoms with E-state index in [0.717, 1.165) is 43.8 Å². The third-order valence-corrected chi connectivity index (χ3v) is 5.04. The van der Waals surface area contributed by atoms with Crippen LogP contribution in [0.15, 0.2) is 24.4 Å². The highest BCUT2D eigenvalue weighted by Crippen LogP contribution is 2.25. The summed E-state index contributed by atoms with van der Waals surface area (Å²) in [6.07, 6.45) is 4.25. The van der Waals surface area contributed by atoms with Gasteiger partial charge in [-0.1, -0.05) is 12.1 Å². The van der Waals surface area contributed by atoms with Crippen LogP contribution in [-0.2, 0) is 0 Å². The molecule has 1 saturated heterocycles. The van der Waals surface area contributed by atoms with E-state index < -0.39 is 0 Å². The predicted octanol–water partition coefficient (Wildman–Crippen LogP) is 2.97. The average Bonchev–Trinajstić information content (AvgIpc) is 2.59. The lowest BCUT2D eigenvalue weighted by atomic mass is 9.99. The molecular weight excluding hydrogens is 286 g/mol. The van der Waals surface area contributed by atoms with E-state index in [4.69, 9.17) is 0 Å². The highest BCUT2D eigenvalue weighted by atomic mass is 16.3. The van der Waals surface area contributed by atoms with Gasteiger partial charge in [-0.15, -0.1) is 0 Å². The SMILES string of the molecule is Cc1ccc2c(NCCN3CCCC(CO)C3)ccnc2c1C. The average molecular weight is 313 g/mol. The smallest absolute Gasteiger partial charge is 0.0754 e. The Balaban J connectivity index is 1.65. The maximum atomic E-state index is 9.33. The van der Waals surface area contributed by atoms with Crippen LogP contribution >= 0.6 is 0 Å². The highest BCUT2D eigenvalue weighted by Gasteiger charge is 2.18. The zero-order valence-electron chi connectivity index (χ0n) is 14.2. The minimum atomic E-state index is 0.317. The van der Waals surface area contributed by atoms with Gasteiger partial charge in [-0.2, -0.15) is 0 Å². The Hall–Kier alpha value is -1.65. The molecule has 1 aliphatic rings. The zero-order valence-corrected chi connectivity index (χ0v) is 14.2. The van der Waals surface area contributed by atoms with Gasteiger partial charge in [0, 0.05) is 43.5 Å². The molecule has 1 atom stereocenters. The molecule has 1 aliphatic heterocycles. The van der Waals surface area contributed by atoms with E-state index in [1.54, 1.807) is 0 Å². The first-order valence-corrected chi connectivity index (χ1v) is 8.61.